The molecule has 272 valence electrons. The Kier molecular flexibility index (Phi) is 17.8. The number of rotatable bonds is 7. The fraction of sp³-hybridized carbons (Fsp3) is 0.0357. The Bertz CT molecular complexity index is 2030. The predicted octanol–water partition coefficient (Wildman–Crippen LogP) is 14.3. The Morgan fingerprint density at radius 3 is 0.661 bits per heavy atom. The molecule has 0 radical (unpaired) electrons. The summed E-state index contributed by atoms with van der Waals surface area (Å²) >= 11 is 0. The van der Waals surface area contributed by atoms with Gasteiger partial charge in [0.05, 0.1) is 0 Å². The lowest BCUT2D eigenvalue weighted by atomic mass is 10.0. The standard InChI is InChI=1S/C14H14.2C14H12.C14H10/c4*1-3-7-13(8-4-1)11-12-14-9-5-2-6-10-14/h1-10H,11-12H2;2*1-12H;1-10H/b;2*12-11-;. The largest absolute Gasteiger partial charge is 0.0622 e. The van der Waals surface area contributed by atoms with Crippen LogP contribution in [0.25, 0.3) is 24.3 Å². The van der Waals surface area contributed by atoms with Gasteiger partial charge < -0.3 is 0 Å². The van der Waals surface area contributed by atoms with E-state index >= 15 is 0 Å². The number of hydrogen-bond donors (Lipinski definition) is 0. The van der Waals surface area contributed by atoms with Crippen LogP contribution in [0.5, 0.6) is 0 Å². The SMILES string of the molecule is C(#Cc1ccccc1)c1ccccc1.C(=C/c1ccccc1)/c1ccccc1.C(=C/c1ccccc1)/c1ccccc1.c1ccc(CCc2ccccc2)cc1. The summed E-state index contributed by atoms with van der Waals surface area (Å²) in [5, 5.41) is 0. The van der Waals surface area contributed by atoms with Crippen molar-refractivity contribution in [3.63, 3.8) is 0 Å². The second-order valence-corrected chi connectivity index (χ2v) is 12.8. The normalized spacial score (nSPS) is 10.0. The summed E-state index contributed by atoms with van der Waals surface area (Å²) in [6.07, 6.45) is 10.7. The highest BCUT2D eigenvalue weighted by Gasteiger charge is 1.93. The minimum Gasteiger partial charge on any atom is -0.0622 e. The van der Waals surface area contributed by atoms with Crippen molar-refractivity contribution in [3.8, 4) is 11.8 Å². The van der Waals surface area contributed by atoms with E-state index in [1.54, 1.807) is 0 Å². The zero-order chi connectivity index (χ0) is 38.6. The van der Waals surface area contributed by atoms with Gasteiger partial charge in [0.1, 0.15) is 0 Å². The van der Waals surface area contributed by atoms with Gasteiger partial charge in [-0.2, -0.15) is 0 Å². The third kappa shape index (κ3) is 16.6. The molecule has 56 heavy (non-hydrogen) atoms. The van der Waals surface area contributed by atoms with Crippen molar-refractivity contribution in [2.24, 2.45) is 0 Å². The van der Waals surface area contributed by atoms with E-state index in [1.807, 2.05) is 133 Å². The lowest BCUT2D eigenvalue weighted by molar-refractivity contribution is 0.960. The van der Waals surface area contributed by atoms with Crippen LogP contribution in [0.3, 0.4) is 0 Å². The Balaban J connectivity index is 0.000000143. The molecular formula is C56H48. The van der Waals surface area contributed by atoms with Crippen LogP contribution in [-0.4, -0.2) is 0 Å². The van der Waals surface area contributed by atoms with E-state index in [0.29, 0.717) is 0 Å². The lowest BCUT2D eigenvalue weighted by Crippen LogP contribution is -1.89. The molecule has 0 saturated heterocycles. The molecule has 0 saturated carbocycles. The van der Waals surface area contributed by atoms with Gasteiger partial charge in [-0.1, -0.05) is 255 Å². The van der Waals surface area contributed by atoms with E-state index in [9.17, 15) is 0 Å². The molecule has 0 amide bonds. The molecule has 0 aromatic heterocycles. The van der Waals surface area contributed by atoms with E-state index in [4.69, 9.17) is 0 Å². The molecule has 8 aromatic carbocycles. The van der Waals surface area contributed by atoms with Gasteiger partial charge in [-0.05, 0) is 70.5 Å². The molecule has 8 rings (SSSR count). The maximum atomic E-state index is 3.11. The van der Waals surface area contributed by atoms with E-state index in [1.165, 1.54) is 33.4 Å². The third-order valence-electron chi connectivity index (χ3n) is 8.42. The first-order valence-electron chi connectivity index (χ1n) is 19.1. The summed E-state index contributed by atoms with van der Waals surface area (Å²) < 4.78 is 0. The summed E-state index contributed by atoms with van der Waals surface area (Å²) in [5.74, 6) is 6.22. The van der Waals surface area contributed by atoms with Crippen LogP contribution in [0, 0.1) is 11.8 Å². The Morgan fingerprint density at radius 2 is 0.429 bits per heavy atom. The molecule has 0 spiro atoms. The van der Waals surface area contributed by atoms with Crippen molar-refractivity contribution in [3.05, 3.63) is 287 Å². The van der Waals surface area contributed by atoms with Gasteiger partial charge in [0.25, 0.3) is 0 Å². The van der Waals surface area contributed by atoms with E-state index in [0.717, 1.165) is 24.0 Å². The van der Waals surface area contributed by atoms with Crippen LogP contribution in [-0.2, 0) is 12.8 Å². The number of benzene rings is 8. The Morgan fingerprint density at radius 1 is 0.232 bits per heavy atom. The van der Waals surface area contributed by atoms with Gasteiger partial charge in [0.2, 0.25) is 0 Å². The van der Waals surface area contributed by atoms with Crippen molar-refractivity contribution in [2.75, 3.05) is 0 Å². The molecule has 0 aliphatic rings. The molecule has 0 N–H and O–H groups in total. The van der Waals surface area contributed by atoms with Crippen molar-refractivity contribution in [1.82, 2.24) is 0 Å². The first-order valence-corrected chi connectivity index (χ1v) is 19.1. The minimum absolute atomic E-state index is 1.05. The molecule has 0 unspecified atom stereocenters. The molecule has 0 aliphatic heterocycles. The van der Waals surface area contributed by atoms with E-state index in [2.05, 4.69) is 145 Å². The zero-order valence-corrected chi connectivity index (χ0v) is 31.8. The highest BCUT2D eigenvalue weighted by molar-refractivity contribution is 5.70. The second-order valence-electron chi connectivity index (χ2n) is 12.8. The van der Waals surface area contributed by atoms with E-state index in [-0.39, 0.29) is 0 Å². The fourth-order valence-electron chi connectivity index (χ4n) is 5.41. The van der Waals surface area contributed by atoms with Crippen LogP contribution in [0.4, 0.5) is 0 Å². The van der Waals surface area contributed by atoms with Gasteiger partial charge in [-0.25, -0.2) is 0 Å². The monoisotopic (exact) mass is 720 g/mol. The molecule has 0 nitrogen and oxygen atoms in total. The highest BCUT2D eigenvalue weighted by Crippen LogP contribution is 2.09. The van der Waals surface area contributed by atoms with Gasteiger partial charge in [0, 0.05) is 11.1 Å². The van der Waals surface area contributed by atoms with Crippen molar-refractivity contribution < 1.29 is 0 Å². The van der Waals surface area contributed by atoms with Gasteiger partial charge in [0.15, 0.2) is 0 Å². The molecule has 0 heteroatoms. The number of hydrogen-bond acceptors (Lipinski definition) is 0. The molecule has 0 atom stereocenters. The van der Waals surface area contributed by atoms with Gasteiger partial charge in [-0.15, -0.1) is 0 Å². The summed E-state index contributed by atoms with van der Waals surface area (Å²) in [7, 11) is 0. The van der Waals surface area contributed by atoms with Crippen LogP contribution in [0.15, 0.2) is 243 Å². The average molecular weight is 721 g/mol. The third-order valence-corrected chi connectivity index (χ3v) is 8.42. The van der Waals surface area contributed by atoms with Gasteiger partial charge in [-0.3, -0.25) is 0 Å². The molecule has 0 bridgehead atoms. The topological polar surface area (TPSA) is 0 Å². The molecule has 0 aliphatic carbocycles. The Labute approximate surface area is 334 Å². The highest BCUT2D eigenvalue weighted by atomic mass is 14.0. The van der Waals surface area contributed by atoms with Crippen LogP contribution in [0.2, 0.25) is 0 Å². The molecule has 0 heterocycles. The second kappa shape index (κ2) is 24.9. The predicted molar refractivity (Wildman–Crippen MR) is 243 cm³/mol. The summed E-state index contributed by atoms with van der Waals surface area (Å²) in [6.45, 7) is 0. The number of aryl methyl sites for hydroxylation is 2. The first-order chi connectivity index (χ1) is 27.8. The van der Waals surface area contributed by atoms with Gasteiger partial charge >= 0.3 is 0 Å². The quantitative estimate of drug-likeness (QED) is 0.114. The summed E-state index contributed by atoms with van der Waals surface area (Å²) in [5.41, 5.74) is 9.86. The molecule has 0 fully saturated rings. The lowest BCUT2D eigenvalue weighted by Gasteiger charge is -2.01. The van der Waals surface area contributed by atoms with Crippen LogP contribution >= 0.6 is 0 Å². The minimum atomic E-state index is 1.05. The Hall–Kier alpha value is -7.20. The maximum Gasteiger partial charge on any atom is 0.0249 e. The fourth-order valence-corrected chi connectivity index (χ4v) is 5.41. The van der Waals surface area contributed by atoms with Crippen molar-refractivity contribution in [1.29, 1.82) is 0 Å². The van der Waals surface area contributed by atoms with Crippen molar-refractivity contribution in [2.45, 2.75) is 12.8 Å². The molecular weight excluding hydrogens is 673 g/mol. The van der Waals surface area contributed by atoms with Crippen LogP contribution < -0.4 is 0 Å². The summed E-state index contributed by atoms with van der Waals surface area (Å²) in [4.78, 5) is 0. The zero-order valence-electron chi connectivity index (χ0n) is 31.8. The average Bonchev–Trinajstić information content (AvgIpc) is 3.30. The maximum absolute atomic E-state index is 3.11. The van der Waals surface area contributed by atoms with E-state index < -0.39 is 0 Å². The van der Waals surface area contributed by atoms with Crippen molar-refractivity contribution >= 4 is 24.3 Å². The smallest absolute Gasteiger partial charge is 0.0249 e. The first kappa shape index (κ1) is 40.0. The molecule has 8 aromatic rings. The van der Waals surface area contributed by atoms with Crippen LogP contribution in [0.1, 0.15) is 44.5 Å². The summed E-state index contributed by atoms with van der Waals surface area (Å²) in [6, 6.07) is 82.5.